The van der Waals surface area contributed by atoms with E-state index in [1.54, 1.807) is 4.90 Å². The number of amides is 1. The number of likely N-dealkylation sites (tertiary alicyclic amines) is 1. The van der Waals surface area contributed by atoms with Gasteiger partial charge in [-0.25, -0.2) is 13.1 Å². The molecule has 6 nitrogen and oxygen atoms in total. The van der Waals surface area contributed by atoms with Crippen LogP contribution in [0.1, 0.15) is 0 Å². The number of thiophene rings is 1. The van der Waals surface area contributed by atoms with Crippen LogP contribution in [0.15, 0.2) is 16.3 Å². The number of carbonyl (C=O) groups is 1. The van der Waals surface area contributed by atoms with Crippen molar-refractivity contribution in [1.29, 1.82) is 0 Å². The number of sulfonamides is 1. The zero-order valence-electron chi connectivity index (χ0n) is 11.6. The molecule has 10 heteroatoms. The average molecular weight is 386 g/mol. The number of fused-ring (bicyclic) bond motifs is 1. The minimum atomic E-state index is -3.66. The van der Waals surface area contributed by atoms with Crippen molar-refractivity contribution in [1.82, 2.24) is 14.9 Å². The lowest BCUT2D eigenvalue weighted by molar-refractivity contribution is -0.129. The Morgan fingerprint density at radius 1 is 1.36 bits per heavy atom. The van der Waals surface area contributed by atoms with E-state index in [4.69, 9.17) is 11.6 Å². The second-order valence-corrected chi connectivity index (χ2v) is 9.07. The molecule has 0 aliphatic carbocycles. The highest BCUT2D eigenvalue weighted by molar-refractivity contribution is 7.91. The van der Waals surface area contributed by atoms with Gasteiger partial charge in [-0.3, -0.25) is 4.79 Å². The van der Waals surface area contributed by atoms with Gasteiger partial charge in [0.25, 0.3) is 10.0 Å². The summed E-state index contributed by atoms with van der Waals surface area (Å²) in [6.07, 6.45) is 0. The molecule has 1 aromatic heterocycles. The molecule has 0 spiro atoms. The van der Waals surface area contributed by atoms with Crippen LogP contribution in [0.5, 0.6) is 0 Å². The van der Waals surface area contributed by atoms with Gasteiger partial charge >= 0.3 is 0 Å². The van der Waals surface area contributed by atoms with Crippen molar-refractivity contribution in [2.45, 2.75) is 4.21 Å². The fraction of sp³-hybridized carbons (Fsp3) is 0.583. The average Bonchev–Trinajstić information content (AvgIpc) is 3.10. The highest BCUT2D eigenvalue weighted by atomic mass is 35.5. The van der Waals surface area contributed by atoms with E-state index in [0.717, 1.165) is 24.4 Å². The van der Waals surface area contributed by atoms with Gasteiger partial charge in [0.2, 0.25) is 5.91 Å². The second kappa shape index (κ2) is 7.02. The van der Waals surface area contributed by atoms with Crippen LogP contribution in [0, 0.1) is 11.8 Å². The van der Waals surface area contributed by atoms with Crippen LogP contribution in [0.25, 0.3) is 0 Å². The first-order valence-corrected chi connectivity index (χ1v) is 9.37. The third-order valence-corrected chi connectivity index (χ3v) is 7.09. The fourth-order valence-corrected chi connectivity index (χ4v) is 5.34. The van der Waals surface area contributed by atoms with Gasteiger partial charge in [0.1, 0.15) is 4.21 Å². The molecule has 0 bridgehead atoms. The summed E-state index contributed by atoms with van der Waals surface area (Å²) in [5, 5.41) is 3.30. The maximum atomic E-state index is 12.1. The minimum Gasteiger partial charge on any atom is -0.341 e. The van der Waals surface area contributed by atoms with Crippen LogP contribution in [0.3, 0.4) is 0 Å². The van der Waals surface area contributed by atoms with E-state index in [1.807, 2.05) is 0 Å². The van der Waals surface area contributed by atoms with Crippen molar-refractivity contribution in [2.24, 2.45) is 11.8 Å². The Bertz CT molecular complexity index is 638. The molecule has 2 fully saturated rings. The van der Waals surface area contributed by atoms with Gasteiger partial charge in [-0.05, 0) is 24.0 Å². The molecule has 22 heavy (non-hydrogen) atoms. The molecule has 2 aliphatic heterocycles. The SMILES string of the molecule is Cl.O=C(CNS(=O)(=O)c1ccc(Cl)s1)N1C[C@H]2CNC[C@H]2C1. The summed E-state index contributed by atoms with van der Waals surface area (Å²) in [6, 6.07) is 2.96. The third kappa shape index (κ3) is 3.74. The van der Waals surface area contributed by atoms with Crippen molar-refractivity contribution in [3.05, 3.63) is 16.5 Å². The lowest BCUT2D eigenvalue weighted by atomic mass is 10.0. The normalized spacial score (nSPS) is 24.1. The Labute approximate surface area is 144 Å². The van der Waals surface area contributed by atoms with E-state index in [-0.39, 0.29) is 29.1 Å². The highest BCUT2D eigenvalue weighted by Crippen LogP contribution is 2.27. The van der Waals surface area contributed by atoms with Crippen LogP contribution < -0.4 is 10.0 Å². The number of hydrogen-bond acceptors (Lipinski definition) is 5. The summed E-state index contributed by atoms with van der Waals surface area (Å²) in [6.45, 7) is 3.10. The smallest absolute Gasteiger partial charge is 0.250 e. The van der Waals surface area contributed by atoms with E-state index >= 15 is 0 Å². The van der Waals surface area contributed by atoms with Crippen LogP contribution in [0.4, 0.5) is 0 Å². The van der Waals surface area contributed by atoms with E-state index in [0.29, 0.717) is 29.3 Å². The maximum absolute atomic E-state index is 12.1. The summed E-state index contributed by atoms with van der Waals surface area (Å²) in [4.78, 5) is 13.9. The summed E-state index contributed by atoms with van der Waals surface area (Å²) in [5.41, 5.74) is 0. The van der Waals surface area contributed by atoms with Gasteiger partial charge in [-0.15, -0.1) is 23.7 Å². The lowest BCUT2D eigenvalue weighted by Gasteiger charge is -2.17. The topological polar surface area (TPSA) is 78.5 Å². The predicted octanol–water partition coefficient (Wildman–Crippen LogP) is 0.779. The molecule has 0 unspecified atom stereocenters. The van der Waals surface area contributed by atoms with Crippen molar-refractivity contribution in [3.63, 3.8) is 0 Å². The van der Waals surface area contributed by atoms with E-state index in [2.05, 4.69) is 10.0 Å². The Morgan fingerprint density at radius 2 is 2.00 bits per heavy atom. The Balaban J connectivity index is 0.00000176. The summed E-state index contributed by atoms with van der Waals surface area (Å²) < 4.78 is 26.9. The van der Waals surface area contributed by atoms with Crippen LogP contribution in [0.2, 0.25) is 4.34 Å². The third-order valence-electron chi connectivity index (χ3n) is 3.97. The molecule has 124 valence electrons. The molecule has 0 aromatic carbocycles. The first-order chi connectivity index (χ1) is 9.95. The zero-order chi connectivity index (χ0) is 15.0. The number of rotatable bonds is 4. The number of hydrogen-bond donors (Lipinski definition) is 2. The monoisotopic (exact) mass is 385 g/mol. The molecular weight excluding hydrogens is 369 g/mol. The molecule has 0 saturated carbocycles. The number of nitrogens with one attached hydrogen (secondary N) is 2. The Hall–Kier alpha value is -0.380. The highest BCUT2D eigenvalue weighted by Gasteiger charge is 2.38. The standard InChI is InChI=1S/C12H16ClN3O3S2.ClH/c13-10-1-2-12(20-10)21(18,19)15-5-11(17)16-6-8-3-14-4-9(8)7-16;/h1-2,8-9,14-15H,3-7H2;1H/t8-,9+;. The van der Waals surface area contributed by atoms with E-state index in [9.17, 15) is 13.2 Å². The van der Waals surface area contributed by atoms with Crippen LogP contribution in [-0.2, 0) is 14.8 Å². The van der Waals surface area contributed by atoms with Gasteiger partial charge in [-0.2, -0.15) is 0 Å². The van der Waals surface area contributed by atoms with Crippen LogP contribution >= 0.6 is 35.3 Å². The van der Waals surface area contributed by atoms with Crippen molar-refractivity contribution in [3.8, 4) is 0 Å². The van der Waals surface area contributed by atoms with Crippen LogP contribution in [-0.4, -0.2) is 51.9 Å². The molecule has 3 heterocycles. The van der Waals surface area contributed by atoms with Gasteiger partial charge in [0.05, 0.1) is 10.9 Å². The summed E-state index contributed by atoms with van der Waals surface area (Å²) >= 11 is 6.71. The zero-order valence-corrected chi connectivity index (χ0v) is 14.8. The molecule has 0 radical (unpaired) electrons. The molecular formula is C12H17Cl2N3O3S2. The van der Waals surface area contributed by atoms with E-state index in [1.165, 1.54) is 12.1 Å². The first-order valence-electron chi connectivity index (χ1n) is 6.69. The molecule has 2 N–H and O–H groups in total. The van der Waals surface area contributed by atoms with Gasteiger partial charge in [0, 0.05) is 26.2 Å². The Morgan fingerprint density at radius 3 is 2.55 bits per heavy atom. The summed E-state index contributed by atoms with van der Waals surface area (Å²) in [7, 11) is -3.66. The largest absolute Gasteiger partial charge is 0.341 e. The van der Waals surface area contributed by atoms with Crippen molar-refractivity contribution >= 4 is 51.3 Å². The van der Waals surface area contributed by atoms with Gasteiger partial charge in [0.15, 0.2) is 0 Å². The van der Waals surface area contributed by atoms with Gasteiger partial charge < -0.3 is 10.2 Å². The maximum Gasteiger partial charge on any atom is 0.250 e. The Kier molecular flexibility index (Phi) is 5.73. The predicted molar refractivity (Wildman–Crippen MR) is 88.2 cm³/mol. The molecule has 2 atom stereocenters. The van der Waals surface area contributed by atoms with E-state index < -0.39 is 10.0 Å². The quantitative estimate of drug-likeness (QED) is 0.802. The van der Waals surface area contributed by atoms with Crippen molar-refractivity contribution < 1.29 is 13.2 Å². The molecule has 2 aliphatic rings. The fourth-order valence-electron chi connectivity index (χ4n) is 2.84. The molecule has 1 amide bonds. The molecule has 2 saturated heterocycles. The molecule has 1 aromatic rings. The number of nitrogens with zero attached hydrogens (tertiary/aromatic N) is 1. The minimum absolute atomic E-state index is 0. The summed E-state index contributed by atoms with van der Waals surface area (Å²) in [5.74, 6) is 0.832. The number of halogens is 2. The lowest BCUT2D eigenvalue weighted by Crippen LogP contribution is -2.40. The second-order valence-electron chi connectivity index (χ2n) is 5.36. The van der Waals surface area contributed by atoms with Gasteiger partial charge in [-0.1, -0.05) is 11.6 Å². The number of carbonyl (C=O) groups excluding carboxylic acids is 1. The molecule has 3 rings (SSSR count). The van der Waals surface area contributed by atoms with Crippen molar-refractivity contribution in [2.75, 3.05) is 32.7 Å². The first kappa shape index (κ1) is 18.0.